The fourth-order valence-electron chi connectivity index (χ4n) is 11.8. The van der Waals surface area contributed by atoms with Crippen LogP contribution >= 0.6 is 0 Å². The van der Waals surface area contributed by atoms with Crippen molar-refractivity contribution in [3.05, 3.63) is 97.2 Å². The maximum atomic E-state index is 13.2. The molecule has 1 aliphatic heterocycles. The standard InChI is InChI=1S/C80H143NO8/c1-3-5-7-9-11-13-15-17-19-21-23-25-27-29-31-33-35-37-39-41-43-45-47-49-51-53-55-57-59-61-63-65-67-69-74(83)73(72-88-80-79(87)78(86)77(85)75(71-82)89-80)81-76(84)70-68-66-64-62-60-58-56-54-52-50-48-46-44-42-40-38-36-34-32-30-28-26-24-22-20-18-16-14-12-10-8-6-4-2/h6,8,12,14,18,20,24,26,30,32,36,38,42,44,67,69,73-75,77-80,82-83,85-87H,3-5,7,9-11,13,15-17,19,21-23,25,27-29,31,33-35,37,39-41,43,45-66,68,70-72H2,1-2H3,(H,81,84)/b8-6-,14-12-,20-18-,26-24-,32-30-,38-36-,44-42-,69-67+. The smallest absolute Gasteiger partial charge is 0.220 e. The Hall–Kier alpha value is -2.89. The average Bonchev–Trinajstić information content (AvgIpc) is 2.28. The van der Waals surface area contributed by atoms with Gasteiger partial charge in [0.1, 0.15) is 24.4 Å². The van der Waals surface area contributed by atoms with Crippen LogP contribution in [0, 0.1) is 0 Å². The number of nitrogens with one attached hydrogen (secondary N) is 1. The lowest BCUT2D eigenvalue weighted by Crippen LogP contribution is -2.60. The van der Waals surface area contributed by atoms with Crippen molar-refractivity contribution in [2.24, 2.45) is 0 Å². The summed E-state index contributed by atoms with van der Waals surface area (Å²) in [6, 6.07) is -0.815. The number of allylic oxidation sites excluding steroid dienone is 15. The highest BCUT2D eigenvalue weighted by molar-refractivity contribution is 5.76. The third-order valence-corrected chi connectivity index (χ3v) is 17.7. The van der Waals surface area contributed by atoms with Crippen molar-refractivity contribution in [3.63, 3.8) is 0 Å². The Morgan fingerprint density at radius 2 is 0.697 bits per heavy atom. The summed E-state index contributed by atoms with van der Waals surface area (Å²) >= 11 is 0. The molecule has 1 amide bonds. The minimum atomic E-state index is -1.57. The fourth-order valence-corrected chi connectivity index (χ4v) is 11.8. The first-order valence-electron chi connectivity index (χ1n) is 38.0. The van der Waals surface area contributed by atoms with E-state index in [1.54, 1.807) is 6.08 Å². The Morgan fingerprint density at radius 1 is 0.393 bits per heavy atom. The van der Waals surface area contributed by atoms with Crippen molar-refractivity contribution in [1.82, 2.24) is 5.32 Å². The molecule has 1 aliphatic rings. The molecule has 0 spiro atoms. The number of hydrogen-bond donors (Lipinski definition) is 6. The Balaban J connectivity index is 2.12. The first-order chi connectivity index (χ1) is 43.8. The van der Waals surface area contributed by atoms with Crippen LogP contribution in [-0.2, 0) is 14.3 Å². The van der Waals surface area contributed by atoms with Gasteiger partial charge in [-0.1, -0.05) is 361 Å². The second-order valence-corrected chi connectivity index (χ2v) is 26.1. The molecule has 1 saturated heterocycles. The normalized spacial score (nSPS) is 18.4. The minimum absolute atomic E-state index is 0.179. The van der Waals surface area contributed by atoms with Crippen LogP contribution in [0.4, 0.5) is 0 Å². The molecule has 1 fully saturated rings. The lowest BCUT2D eigenvalue weighted by molar-refractivity contribution is -0.302. The molecule has 0 aliphatic carbocycles. The number of unbranched alkanes of at least 4 members (excludes halogenated alkanes) is 42. The van der Waals surface area contributed by atoms with Gasteiger partial charge in [-0.2, -0.15) is 0 Å². The SMILES string of the molecule is CC/C=C\C/C=C\C/C=C\C/C=C\C/C=C\C/C=C\C/C=C\CCCCCCCCCCCCCC(=O)NC(COC1OC(CO)C(O)C(O)C1O)C(O)/C=C/CCCCCCCCCCCCCCCCCCCCCCCCCCCCCCCCC. The summed E-state index contributed by atoms with van der Waals surface area (Å²) in [6.07, 6.45) is 92.4. The molecule has 1 heterocycles. The molecule has 0 aromatic rings. The van der Waals surface area contributed by atoms with Crippen LogP contribution in [0.5, 0.6) is 0 Å². The quantitative estimate of drug-likeness (QED) is 0.0261. The summed E-state index contributed by atoms with van der Waals surface area (Å²) in [5, 5.41) is 54.9. The molecular weight excluding hydrogens is 1100 g/mol. The molecule has 0 radical (unpaired) electrons. The van der Waals surface area contributed by atoms with Crippen LogP contribution in [0.1, 0.15) is 348 Å². The number of hydrogen-bond acceptors (Lipinski definition) is 8. The Bertz CT molecular complexity index is 1730. The summed E-state index contributed by atoms with van der Waals surface area (Å²) in [5.74, 6) is -0.179. The molecule has 1 rings (SSSR count). The van der Waals surface area contributed by atoms with E-state index in [-0.39, 0.29) is 12.5 Å². The van der Waals surface area contributed by atoms with Crippen LogP contribution in [0.15, 0.2) is 97.2 Å². The lowest BCUT2D eigenvalue weighted by atomic mass is 9.99. The molecular formula is C80H143NO8. The van der Waals surface area contributed by atoms with E-state index in [1.807, 2.05) is 6.08 Å². The fraction of sp³-hybridized carbons (Fsp3) is 0.787. The predicted octanol–water partition coefficient (Wildman–Crippen LogP) is 21.4. The Morgan fingerprint density at radius 3 is 1.03 bits per heavy atom. The predicted molar refractivity (Wildman–Crippen MR) is 382 cm³/mol. The van der Waals surface area contributed by atoms with Crippen LogP contribution in [0.3, 0.4) is 0 Å². The molecule has 516 valence electrons. The van der Waals surface area contributed by atoms with Gasteiger partial charge in [-0.3, -0.25) is 4.79 Å². The Labute approximate surface area is 549 Å². The molecule has 7 unspecified atom stereocenters. The van der Waals surface area contributed by atoms with Crippen LogP contribution in [0.2, 0.25) is 0 Å². The first kappa shape index (κ1) is 84.1. The number of aliphatic hydroxyl groups excluding tert-OH is 5. The van der Waals surface area contributed by atoms with Crippen molar-refractivity contribution >= 4 is 5.91 Å². The zero-order chi connectivity index (χ0) is 64.2. The van der Waals surface area contributed by atoms with Gasteiger partial charge in [0.2, 0.25) is 5.91 Å². The summed E-state index contributed by atoms with van der Waals surface area (Å²) in [7, 11) is 0. The van der Waals surface area contributed by atoms with Crippen molar-refractivity contribution in [1.29, 1.82) is 0 Å². The van der Waals surface area contributed by atoms with E-state index in [0.717, 1.165) is 89.9 Å². The summed E-state index contributed by atoms with van der Waals surface area (Å²) in [6.45, 7) is 3.70. The van der Waals surface area contributed by atoms with Gasteiger partial charge in [-0.05, 0) is 77.0 Å². The highest BCUT2D eigenvalue weighted by atomic mass is 16.7. The van der Waals surface area contributed by atoms with Gasteiger partial charge >= 0.3 is 0 Å². The highest BCUT2D eigenvalue weighted by Crippen LogP contribution is 2.23. The summed E-state index contributed by atoms with van der Waals surface area (Å²) in [4.78, 5) is 13.2. The van der Waals surface area contributed by atoms with E-state index >= 15 is 0 Å². The maximum Gasteiger partial charge on any atom is 0.220 e. The molecule has 89 heavy (non-hydrogen) atoms. The number of carbonyl (C=O) groups is 1. The van der Waals surface area contributed by atoms with Gasteiger partial charge in [-0.25, -0.2) is 0 Å². The molecule has 0 aromatic heterocycles. The maximum absolute atomic E-state index is 13.2. The van der Waals surface area contributed by atoms with Crippen molar-refractivity contribution in [3.8, 4) is 0 Å². The van der Waals surface area contributed by atoms with E-state index in [4.69, 9.17) is 9.47 Å². The van der Waals surface area contributed by atoms with Gasteiger partial charge in [0.05, 0.1) is 25.4 Å². The molecule has 7 atom stereocenters. The largest absolute Gasteiger partial charge is 0.394 e. The number of amides is 1. The highest BCUT2D eigenvalue weighted by Gasteiger charge is 2.44. The molecule has 9 heteroatoms. The minimum Gasteiger partial charge on any atom is -0.394 e. The summed E-state index contributed by atoms with van der Waals surface area (Å²) < 4.78 is 11.3. The second kappa shape index (κ2) is 68.0. The van der Waals surface area contributed by atoms with E-state index in [2.05, 4.69) is 104 Å². The van der Waals surface area contributed by atoms with Gasteiger partial charge in [-0.15, -0.1) is 0 Å². The van der Waals surface area contributed by atoms with E-state index in [0.29, 0.717) is 6.42 Å². The molecule has 0 bridgehead atoms. The third-order valence-electron chi connectivity index (χ3n) is 17.7. The van der Waals surface area contributed by atoms with Crippen LogP contribution in [0.25, 0.3) is 0 Å². The van der Waals surface area contributed by atoms with Gasteiger partial charge in [0, 0.05) is 6.42 Å². The van der Waals surface area contributed by atoms with Gasteiger partial charge < -0.3 is 40.3 Å². The Kier molecular flexibility index (Phi) is 64.3. The third kappa shape index (κ3) is 56.4. The topological polar surface area (TPSA) is 149 Å². The van der Waals surface area contributed by atoms with Crippen LogP contribution in [-0.4, -0.2) is 87.5 Å². The van der Waals surface area contributed by atoms with E-state index < -0.39 is 49.5 Å². The average molecular weight is 1250 g/mol. The second-order valence-electron chi connectivity index (χ2n) is 26.1. The lowest BCUT2D eigenvalue weighted by Gasteiger charge is -2.40. The van der Waals surface area contributed by atoms with Gasteiger partial charge in [0.15, 0.2) is 6.29 Å². The molecule has 9 nitrogen and oxygen atoms in total. The van der Waals surface area contributed by atoms with Crippen LogP contribution < -0.4 is 5.32 Å². The zero-order valence-electron chi connectivity index (χ0n) is 57.9. The van der Waals surface area contributed by atoms with Crippen molar-refractivity contribution in [2.75, 3.05) is 13.2 Å². The molecule has 6 N–H and O–H groups in total. The van der Waals surface area contributed by atoms with Crippen molar-refractivity contribution < 1.29 is 39.8 Å². The number of ether oxygens (including phenoxy) is 2. The number of rotatable bonds is 66. The van der Waals surface area contributed by atoms with E-state index in [1.165, 1.54) is 238 Å². The molecule has 0 saturated carbocycles. The monoisotopic (exact) mass is 1250 g/mol. The first-order valence-corrected chi connectivity index (χ1v) is 38.0. The van der Waals surface area contributed by atoms with E-state index in [9.17, 15) is 30.3 Å². The van der Waals surface area contributed by atoms with Crippen molar-refractivity contribution in [2.45, 2.75) is 391 Å². The number of carbonyl (C=O) groups excluding carboxylic acids is 1. The molecule has 0 aromatic carbocycles. The van der Waals surface area contributed by atoms with Gasteiger partial charge in [0.25, 0.3) is 0 Å². The summed E-state index contributed by atoms with van der Waals surface area (Å²) in [5.41, 5.74) is 0. The number of aliphatic hydroxyl groups is 5. The zero-order valence-corrected chi connectivity index (χ0v) is 57.9.